The fourth-order valence-electron chi connectivity index (χ4n) is 2.02. The fraction of sp³-hybridized carbons (Fsp3) is 0.333. The summed E-state index contributed by atoms with van der Waals surface area (Å²) in [6.07, 6.45) is 8.67. The number of phenols is 1. The lowest BCUT2D eigenvalue weighted by atomic mass is 10.1. The average Bonchev–Trinajstić information content (AvgIpc) is 2.57. The Kier molecular flexibility index (Phi) is 8.40. The van der Waals surface area contributed by atoms with Crippen LogP contribution in [0.4, 0.5) is 0 Å². The molecule has 0 saturated heterocycles. The third-order valence-electron chi connectivity index (χ3n) is 3.58. The highest BCUT2D eigenvalue weighted by molar-refractivity contribution is 5.71. The van der Waals surface area contributed by atoms with Gasteiger partial charge in [0.05, 0.1) is 12.9 Å². The summed E-state index contributed by atoms with van der Waals surface area (Å²) in [5.41, 5.74) is 9.24. The van der Waals surface area contributed by atoms with Crippen molar-refractivity contribution in [2.45, 2.75) is 34.1 Å². The molecule has 3 N–H and O–H groups in total. The van der Waals surface area contributed by atoms with Gasteiger partial charge in [-0.05, 0) is 51.5 Å². The van der Waals surface area contributed by atoms with Crippen LogP contribution in [-0.4, -0.2) is 18.8 Å². The number of methoxy groups -OCH3 is 1. The largest absolute Gasteiger partial charge is 0.507 e. The zero-order valence-electron chi connectivity index (χ0n) is 15.8. The molecule has 0 aliphatic carbocycles. The van der Waals surface area contributed by atoms with Gasteiger partial charge in [0.1, 0.15) is 18.1 Å². The van der Waals surface area contributed by atoms with Crippen LogP contribution in [0.3, 0.4) is 0 Å². The van der Waals surface area contributed by atoms with E-state index in [0.717, 1.165) is 17.8 Å². The molecular weight excluding hydrogens is 314 g/mol. The van der Waals surface area contributed by atoms with Crippen molar-refractivity contribution in [3.05, 3.63) is 65.0 Å². The normalized spacial score (nSPS) is 12.8. The first-order valence-electron chi connectivity index (χ1n) is 8.37. The van der Waals surface area contributed by atoms with Crippen LogP contribution in [0.1, 0.15) is 39.7 Å². The third-order valence-corrected chi connectivity index (χ3v) is 3.58. The van der Waals surface area contributed by atoms with E-state index in [0.29, 0.717) is 23.6 Å². The predicted molar refractivity (Wildman–Crippen MR) is 104 cm³/mol. The van der Waals surface area contributed by atoms with Crippen molar-refractivity contribution < 1.29 is 14.6 Å². The van der Waals surface area contributed by atoms with E-state index in [1.165, 1.54) is 5.57 Å². The molecule has 4 heteroatoms. The van der Waals surface area contributed by atoms with Gasteiger partial charge in [0, 0.05) is 22.9 Å². The van der Waals surface area contributed by atoms with Crippen LogP contribution in [0.5, 0.6) is 11.5 Å². The minimum Gasteiger partial charge on any atom is -0.507 e. The molecule has 0 amide bonds. The van der Waals surface area contributed by atoms with Crippen molar-refractivity contribution in [2.75, 3.05) is 13.7 Å². The molecule has 1 aromatic rings. The van der Waals surface area contributed by atoms with E-state index in [-0.39, 0.29) is 5.75 Å². The zero-order valence-corrected chi connectivity index (χ0v) is 15.8. The van der Waals surface area contributed by atoms with E-state index in [1.807, 2.05) is 39.0 Å². The highest BCUT2D eigenvalue weighted by Gasteiger charge is 2.07. The number of rotatable bonds is 8. The topological polar surface area (TPSA) is 64.7 Å². The van der Waals surface area contributed by atoms with Crippen LogP contribution < -0.4 is 10.5 Å². The minimum absolute atomic E-state index is 0.0809. The summed E-state index contributed by atoms with van der Waals surface area (Å²) in [5, 5.41) is 10.3. The van der Waals surface area contributed by atoms with Crippen molar-refractivity contribution in [3.63, 3.8) is 0 Å². The molecule has 0 spiro atoms. The van der Waals surface area contributed by atoms with Crippen molar-refractivity contribution in [1.29, 1.82) is 0 Å². The van der Waals surface area contributed by atoms with Gasteiger partial charge in [-0.2, -0.15) is 0 Å². The molecule has 1 rings (SSSR count). The summed E-state index contributed by atoms with van der Waals surface area (Å²) in [7, 11) is 1.62. The van der Waals surface area contributed by atoms with Gasteiger partial charge in [-0.3, -0.25) is 0 Å². The third kappa shape index (κ3) is 6.79. The second-order valence-electron chi connectivity index (χ2n) is 5.90. The number of ether oxygens (including phenoxy) is 2. The lowest BCUT2D eigenvalue weighted by molar-refractivity contribution is 0.291. The molecular formula is C21H29NO3. The summed E-state index contributed by atoms with van der Waals surface area (Å²) < 4.78 is 10.9. The fourth-order valence-corrected chi connectivity index (χ4v) is 2.02. The van der Waals surface area contributed by atoms with E-state index in [4.69, 9.17) is 15.2 Å². The average molecular weight is 343 g/mol. The number of hydrogen-bond donors (Lipinski definition) is 2. The Hall–Kier alpha value is -2.62. The summed E-state index contributed by atoms with van der Waals surface area (Å²) >= 11 is 0. The Labute approximate surface area is 151 Å². The number of hydrogen-bond acceptors (Lipinski definition) is 4. The smallest absolute Gasteiger partial charge is 0.128 e. The molecule has 0 saturated carbocycles. The highest BCUT2D eigenvalue weighted by Crippen LogP contribution is 2.28. The monoisotopic (exact) mass is 343 g/mol. The van der Waals surface area contributed by atoms with Crippen LogP contribution >= 0.6 is 0 Å². The molecule has 0 aliphatic rings. The van der Waals surface area contributed by atoms with E-state index in [2.05, 4.69) is 6.92 Å². The van der Waals surface area contributed by atoms with Crippen LogP contribution in [0.2, 0.25) is 0 Å². The Morgan fingerprint density at radius 2 is 1.96 bits per heavy atom. The number of aromatic hydroxyl groups is 1. The van der Waals surface area contributed by atoms with Crippen molar-refractivity contribution in [1.82, 2.24) is 0 Å². The van der Waals surface area contributed by atoms with Gasteiger partial charge in [0.2, 0.25) is 0 Å². The molecule has 1 aromatic carbocycles. The first kappa shape index (κ1) is 20.4. The van der Waals surface area contributed by atoms with E-state index in [9.17, 15) is 5.11 Å². The van der Waals surface area contributed by atoms with E-state index >= 15 is 0 Å². The summed E-state index contributed by atoms with van der Waals surface area (Å²) in [5.74, 6) is 1.44. The van der Waals surface area contributed by atoms with E-state index in [1.54, 1.807) is 31.4 Å². The molecule has 25 heavy (non-hydrogen) atoms. The van der Waals surface area contributed by atoms with Gasteiger partial charge in [-0.15, -0.1) is 0 Å². The van der Waals surface area contributed by atoms with Crippen LogP contribution in [-0.2, 0) is 4.74 Å². The number of phenolic OH excluding ortho intramolecular Hbond substituents is 1. The summed E-state index contributed by atoms with van der Waals surface area (Å²) in [6, 6.07) is 5.12. The standard InChI is InChI=1S/C21H29NO3/c1-6-7-8-17(16(4)24-5)13-20(22)19-10-9-18(14-21(19)23)25-12-11-15(2)3/h7-11,13-14,23H,6,12,22H2,1-5H3/b8-7-,17-16-,20-13+. The maximum absolute atomic E-state index is 10.3. The predicted octanol–water partition coefficient (Wildman–Crippen LogP) is 4.92. The molecule has 0 radical (unpaired) electrons. The van der Waals surface area contributed by atoms with Crippen molar-refractivity contribution >= 4 is 5.70 Å². The lowest BCUT2D eigenvalue weighted by Gasteiger charge is -2.10. The summed E-state index contributed by atoms with van der Waals surface area (Å²) in [6.45, 7) is 8.42. The Bertz CT molecular complexity index is 693. The van der Waals surface area contributed by atoms with Gasteiger partial charge in [0.15, 0.2) is 0 Å². The maximum atomic E-state index is 10.3. The van der Waals surface area contributed by atoms with Crippen LogP contribution in [0.25, 0.3) is 5.70 Å². The maximum Gasteiger partial charge on any atom is 0.128 e. The Balaban J connectivity index is 3.06. The van der Waals surface area contributed by atoms with Gasteiger partial charge in [-0.25, -0.2) is 0 Å². The van der Waals surface area contributed by atoms with Crippen molar-refractivity contribution in [3.8, 4) is 11.5 Å². The zero-order chi connectivity index (χ0) is 18.8. The molecule has 4 nitrogen and oxygen atoms in total. The van der Waals surface area contributed by atoms with Gasteiger partial charge in [-0.1, -0.05) is 24.6 Å². The molecule has 0 bridgehead atoms. The molecule has 0 unspecified atom stereocenters. The first-order chi connectivity index (χ1) is 11.9. The Morgan fingerprint density at radius 3 is 2.52 bits per heavy atom. The number of benzene rings is 1. The molecule has 0 aliphatic heterocycles. The van der Waals surface area contributed by atoms with Crippen LogP contribution in [0, 0.1) is 0 Å². The van der Waals surface area contributed by atoms with Gasteiger partial charge >= 0.3 is 0 Å². The second kappa shape index (κ2) is 10.3. The van der Waals surface area contributed by atoms with Crippen molar-refractivity contribution in [2.24, 2.45) is 5.73 Å². The lowest BCUT2D eigenvalue weighted by Crippen LogP contribution is -2.00. The minimum atomic E-state index is 0.0809. The van der Waals surface area contributed by atoms with E-state index < -0.39 is 0 Å². The summed E-state index contributed by atoms with van der Waals surface area (Å²) in [4.78, 5) is 0. The number of allylic oxidation sites excluding steroid dienone is 6. The van der Waals surface area contributed by atoms with Gasteiger partial charge < -0.3 is 20.3 Å². The molecule has 136 valence electrons. The SMILES string of the molecule is CC\C=C/C(/C=C(/N)c1ccc(OCC=C(C)C)cc1O)=C(\C)OC. The van der Waals surface area contributed by atoms with Crippen LogP contribution in [0.15, 0.2) is 59.4 Å². The molecule has 0 fully saturated rings. The molecule has 0 heterocycles. The molecule has 0 aromatic heterocycles. The second-order valence-corrected chi connectivity index (χ2v) is 5.90. The quantitative estimate of drug-likeness (QED) is 0.399. The molecule has 0 atom stereocenters. The highest BCUT2D eigenvalue weighted by atomic mass is 16.5. The number of nitrogens with two attached hydrogens (primary N) is 1. The first-order valence-corrected chi connectivity index (χ1v) is 8.37. The Morgan fingerprint density at radius 1 is 1.24 bits per heavy atom. The van der Waals surface area contributed by atoms with Gasteiger partial charge in [0.25, 0.3) is 0 Å².